The summed E-state index contributed by atoms with van der Waals surface area (Å²) in [7, 11) is 3.54. The lowest BCUT2D eigenvalue weighted by Crippen LogP contribution is -2.38. The molecule has 0 radical (unpaired) electrons. The molecule has 0 heterocycles. The molecule has 0 fully saturated rings. The van der Waals surface area contributed by atoms with Gasteiger partial charge in [-0.05, 0) is 50.8 Å². The summed E-state index contributed by atoms with van der Waals surface area (Å²) >= 11 is 0. The van der Waals surface area contributed by atoms with Crippen molar-refractivity contribution in [1.29, 1.82) is 0 Å². The number of halogens is 1. The average molecular weight is 490 g/mol. The molecule has 0 saturated heterocycles. The van der Waals surface area contributed by atoms with Gasteiger partial charge < -0.3 is 20.3 Å². The Kier molecular flexibility index (Phi) is 14.9. The molecule has 0 atom stereocenters. The van der Waals surface area contributed by atoms with Gasteiger partial charge >= 0.3 is 0 Å². The van der Waals surface area contributed by atoms with E-state index < -0.39 is 0 Å². The van der Waals surface area contributed by atoms with Gasteiger partial charge in [-0.3, -0.25) is 9.79 Å². The number of benzene rings is 1. The number of unbranched alkanes of at least 4 members (excludes halogenated alkanes) is 1. The predicted octanol–water partition coefficient (Wildman–Crippen LogP) is 2.92. The fourth-order valence-electron chi connectivity index (χ4n) is 2.44. The average Bonchev–Trinajstić information content (AvgIpc) is 2.64. The maximum absolute atomic E-state index is 12.0. The normalized spacial score (nSPS) is 10.9. The van der Waals surface area contributed by atoms with Crippen LogP contribution in [0.3, 0.4) is 0 Å². The van der Waals surface area contributed by atoms with Crippen LogP contribution in [0.5, 0.6) is 0 Å². The molecule has 1 aromatic carbocycles. The van der Waals surface area contributed by atoms with Crippen molar-refractivity contribution >= 4 is 35.8 Å². The highest BCUT2D eigenvalue weighted by Crippen LogP contribution is 2.07. The molecule has 0 spiro atoms. The van der Waals surface area contributed by atoms with E-state index in [1.807, 2.05) is 31.2 Å². The lowest BCUT2D eigenvalue weighted by atomic mass is 10.1. The second kappa shape index (κ2) is 15.7. The summed E-state index contributed by atoms with van der Waals surface area (Å²) in [5, 5.41) is 6.62. The van der Waals surface area contributed by atoms with Gasteiger partial charge in [0.1, 0.15) is 0 Å². The van der Waals surface area contributed by atoms with Crippen LogP contribution in [0.2, 0.25) is 0 Å². The molecule has 27 heavy (non-hydrogen) atoms. The van der Waals surface area contributed by atoms with E-state index in [1.54, 1.807) is 19.0 Å². The van der Waals surface area contributed by atoms with Gasteiger partial charge in [0.25, 0.3) is 5.91 Å². The second-order valence-electron chi connectivity index (χ2n) is 6.24. The van der Waals surface area contributed by atoms with Crippen LogP contribution in [0.1, 0.15) is 42.6 Å². The number of nitrogens with zero attached hydrogens (tertiary/aromatic N) is 2. The van der Waals surface area contributed by atoms with Crippen LogP contribution in [0.4, 0.5) is 0 Å². The van der Waals surface area contributed by atoms with Crippen LogP contribution in [-0.2, 0) is 11.2 Å². The quantitative estimate of drug-likeness (QED) is 0.217. The van der Waals surface area contributed by atoms with Gasteiger partial charge in [-0.25, -0.2) is 0 Å². The third kappa shape index (κ3) is 11.2. The molecule has 1 rings (SSSR count). The van der Waals surface area contributed by atoms with Gasteiger partial charge in [-0.1, -0.05) is 12.1 Å². The van der Waals surface area contributed by atoms with E-state index in [9.17, 15) is 4.79 Å². The number of aliphatic imine (C=N–C) groups is 1. The fourth-order valence-corrected chi connectivity index (χ4v) is 2.44. The molecule has 0 aliphatic rings. The van der Waals surface area contributed by atoms with Gasteiger partial charge in [0.05, 0.1) is 0 Å². The van der Waals surface area contributed by atoms with Gasteiger partial charge in [0, 0.05) is 52.5 Å². The lowest BCUT2D eigenvalue weighted by molar-refractivity contribution is 0.0827. The fraction of sp³-hybridized carbons (Fsp3) is 0.600. The number of amides is 1. The van der Waals surface area contributed by atoms with Crippen LogP contribution >= 0.6 is 24.0 Å². The smallest absolute Gasteiger partial charge is 0.253 e. The molecule has 0 aromatic heterocycles. The first-order valence-electron chi connectivity index (χ1n) is 9.49. The van der Waals surface area contributed by atoms with Gasteiger partial charge in [-0.2, -0.15) is 0 Å². The van der Waals surface area contributed by atoms with Crippen molar-refractivity contribution in [2.75, 3.05) is 46.9 Å². The maximum atomic E-state index is 12.0. The molecule has 0 saturated carbocycles. The molecular weight excluding hydrogens is 455 g/mol. The Hall–Kier alpha value is -1.35. The van der Waals surface area contributed by atoms with Crippen LogP contribution in [0.25, 0.3) is 0 Å². The molecule has 6 nitrogen and oxygen atoms in total. The molecule has 0 aliphatic carbocycles. The molecule has 0 aliphatic heterocycles. The van der Waals surface area contributed by atoms with Crippen molar-refractivity contribution < 1.29 is 9.53 Å². The van der Waals surface area contributed by atoms with E-state index in [0.717, 1.165) is 69.2 Å². The Morgan fingerprint density at radius 1 is 1.19 bits per heavy atom. The Morgan fingerprint density at radius 3 is 2.63 bits per heavy atom. The van der Waals surface area contributed by atoms with Crippen LogP contribution in [0, 0.1) is 0 Å². The first-order valence-corrected chi connectivity index (χ1v) is 9.49. The summed E-state index contributed by atoms with van der Waals surface area (Å²) in [5.41, 5.74) is 1.86. The molecule has 154 valence electrons. The Labute approximate surface area is 181 Å². The summed E-state index contributed by atoms with van der Waals surface area (Å²) < 4.78 is 5.34. The van der Waals surface area contributed by atoms with E-state index in [-0.39, 0.29) is 29.9 Å². The number of rotatable bonds is 11. The summed E-state index contributed by atoms with van der Waals surface area (Å²) in [5.74, 6) is 0.867. The molecule has 1 aromatic rings. The SMILES string of the molecule is CCNC(=NCCCCOCC)NCCc1cccc(C(=O)N(C)C)c1.I. The number of guanidine groups is 1. The summed E-state index contributed by atoms with van der Waals surface area (Å²) in [4.78, 5) is 18.2. The van der Waals surface area contributed by atoms with E-state index in [0.29, 0.717) is 0 Å². The highest BCUT2D eigenvalue weighted by Gasteiger charge is 2.08. The highest BCUT2D eigenvalue weighted by atomic mass is 127. The number of carbonyl (C=O) groups excluding carboxylic acids is 1. The summed E-state index contributed by atoms with van der Waals surface area (Å²) in [6.45, 7) is 8.03. The maximum Gasteiger partial charge on any atom is 0.253 e. The highest BCUT2D eigenvalue weighted by molar-refractivity contribution is 14.0. The molecule has 0 bridgehead atoms. The number of hydrogen-bond donors (Lipinski definition) is 2. The first kappa shape index (κ1) is 25.6. The van der Waals surface area contributed by atoms with Crippen molar-refractivity contribution in [3.63, 3.8) is 0 Å². The van der Waals surface area contributed by atoms with Gasteiger partial charge in [0.2, 0.25) is 0 Å². The zero-order chi connectivity index (χ0) is 19.2. The van der Waals surface area contributed by atoms with Crippen LogP contribution < -0.4 is 10.6 Å². The third-order valence-corrected chi connectivity index (χ3v) is 3.80. The minimum absolute atomic E-state index is 0. The van der Waals surface area contributed by atoms with Crippen LogP contribution in [-0.4, -0.2) is 63.7 Å². The second-order valence-corrected chi connectivity index (χ2v) is 6.24. The predicted molar refractivity (Wildman–Crippen MR) is 123 cm³/mol. The number of carbonyl (C=O) groups is 1. The largest absolute Gasteiger partial charge is 0.382 e. The van der Waals surface area contributed by atoms with Crippen molar-refractivity contribution in [3.8, 4) is 0 Å². The first-order chi connectivity index (χ1) is 12.6. The molecule has 7 heteroatoms. The standard InChI is InChI=1S/C20H34N4O2.HI/c1-5-21-20(22-13-7-8-15-26-6-2)23-14-12-17-10-9-11-18(16-17)19(25)24(3)4;/h9-11,16H,5-8,12-15H2,1-4H3,(H2,21,22,23);1H. The van der Waals surface area contributed by atoms with Gasteiger partial charge in [0.15, 0.2) is 5.96 Å². The van der Waals surface area contributed by atoms with Crippen molar-refractivity contribution in [2.45, 2.75) is 33.1 Å². The molecule has 2 N–H and O–H groups in total. The van der Waals surface area contributed by atoms with Crippen molar-refractivity contribution in [2.24, 2.45) is 4.99 Å². The van der Waals surface area contributed by atoms with E-state index in [2.05, 4.69) is 22.5 Å². The van der Waals surface area contributed by atoms with Crippen LogP contribution in [0.15, 0.2) is 29.3 Å². The zero-order valence-corrected chi connectivity index (χ0v) is 19.4. The lowest BCUT2D eigenvalue weighted by Gasteiger charge is -2.13. The number of ether oxygens (including phenoxy) is 1. The molecule has 0 unspecified atom stereocenters. The Balaban J connectivity index is 0.00000676. The molecular formula is C20H35IN4O2. The monoisotopic (exact) mass is 490 g/mol. The van der Waals surface area contributed by atoms with E-state index in [1.165, 1.54) is 0 Å². The minimum Gasteiger partial charge on any atom is -0.382 e. The summed E-state index contributed by atoms with van der Waals surface area (Å²) in [6, 6.07) is 7.80. The van der Waals surface area contributed by atoms with Crippen molar-refractivity contribution in [1.82, 2.24) is 15.5 Å². The van der Waals surface area contributed by atoms with E-state index in [4.69, 9.17) is 4.74 Å². The third-order valence-electron chi connectivity index (χ3n) is 3.80. The van der Waals surface area contributed by atoms with E-state index >= 15 is 0 Å². The number of hydrogen-bond acceptors (Lipinski definition) is 3. The zero-order valence-electron chi connectivity index (χ0n) is 17.1. The van der Waals surface area contributed by atoms with Gasteiger partial charge in [-0.15, -0.1) is 24.0 Å². The minimum atomic E-state index is 0. The Morgan fingerprint density at radius 2 is 1.96 bits per heavy atom. The topological polar surface area (TPSA) is 66.0 Å². The van der Waals surface area contributed by atoms with Crippen molar-refractivity contribution in [3.05, 3.63) is 35.4 Å². The summed E-state index contributed by atoms with van der Waals surface area (Å²) in [6.07, 6.45) is 2.89. The molecule has 1 amide bonds. The Bertz CT molecular complexity index is 565. The number of nitrogens with one attached hydrogen (secondary N) is 2.